The van der Waals surface area contributed by atoms with Gasteiger partial charge in [-0.3, -0.25) is 19.4 Å². The molecule has 3 aromatic heterocycles. The minimum absolute atomic E-state index is 0.00827. The third-order valence-electron chi connectivity index (χ3n) is 6.31. The van der Waals surface area contributed by atoms with Crippen molar-refractivity contribution in [2.45, 2.75) is 12.8 Å². The van der Waals surface area contributed by atoms with Crippen LogP contribution in [0.15, 0.2) is 54.7 Å². The maximum absolute atomic E-state index is 13.2. The molecule has 1 aliphatic rings. The summed E-state index contributed by atoms with van der Waals surface area (Å²) >= 11 is 0. The molecule has 3 amide bonds. The number of pyridine rings is 3. The zero-order valence-electron chi connectivity index (χ0n) is 21.4. The summed E-state index contributed by atoms with van der Waals surface area (Å²) in [6, 6.07) is 11.2. The van der Waals surface area contributed by atoms with E-state index in [-0.39, 0.29) is 28.9 Å². The third-order valence-corrected chi connectivity index (χ3v) is 6.31. The maximum Gasteiger partial charge on any atom is 0.269 e. The number of nitrogens with zero attached hydrogens (tertiary/aromatic N) is 3. The fourth-order valence-corrected chi connectivity index (χ4v) is 3.99. The number of hydrogen-bond donors (Lipinski definition) is 3. The third kappa shape index (κ3) is 5.04. The van der Waals surface area contributed by atoms with Crippen LogP contribution in [0.25, 0.3) is 11.0 Å². The fourth-order valence-electron chi connectivity index (χ4n) is 3.99. The Kier molecular flexibility index (Phi) is 6.86. The van der Waals surface area contributed by atoms with Gasteiger partial charge in [0.2, 0.25) is 17.7 Å². The minimum Gasteiger partial charge on any atom is -0.491 e. The van der Waals surface area contributed by atoms with E-state index in [2.05, 4.69) is 25.6 Å². The average molecular weight is 547 g/mol. The van der Waals surface area contributed by atoms with Crippen molar-refractivity contribution in [3.8, 4) is 23.3 Å². The Labute approximate surface area is 226 Å². The molecule has 4 aromatic rings. The van der Waals surface area contributed by atoms with Crippen LogP contribution in [0.5, 0.6) is 23.3 Å². The molecule has 0 aliphatic heterocycles. The Morgan fingerprint density at radius 3 is 2.30 bits per heavy atom. The molecule has 1 aromatic carbocycles. The number of carbonyl (C=O) groups excluding carboxylic acids is 3. The maximum atomic E-state index is 13.2. The summed E-state index contributed by atoms with van der Waals surface area (Å²) < 4.78 is 29.6. The Balaban J connectivity index is 1.37. The van der Waals surface area contributed by atoms with Gasteiger partial charge in [-0.1, -0.05) is 0 Å². The van der Waals surface area contributed by atoms with E-state index in [1.54, 1.807) is 12.1 Å². The fraction of sp³-hybridized carbons (Fsp3) is 0.185. The van der Waals surface area contributed by atoms with Crippen molar-refractivity contribution in [1.82, 2.24) is 15.0 Å². The molecule has 12 nitrogen and oxygen atoms in total. The number of benzene rings is 1. The summed E-state index contributed by atoms with van der Waals surface area (Å²) in [6.45, 7) is 0. The number of carbonyl (C=O) groups is 3. The minimum atomic E-state index is -1.35. The van der Waals surface area contributed by atoms with Crippen LogP contribution in [0, 0.1) is 11.2 Å². The van der Waals surface area contributed by atoms with Gasteiger partial charge in [0.15, 0.2) is 17.2 Å². The van der Waals surface area contributed by atoms with Gasteiger partial charge >= 0.3 is 0 Å². The van der Waals surface area contributed by atoms with E-state index < -0.39 is 29.0 Å². The summed E-state index contributed by atoms with van der Waals surface area (Å²) in [5.41, 5.74) is 5.09. The van der Waals surface area contributed by atoms with Gasteiger partial charge in [-0.05, 0) is 43.2 Å². The SMILES string of the molecule is COc1cc2nccc(Oc3ccc(NC(=O)C4(C(=O)Nc5ccc(F)cc5)CC4)c(C(N)=O)n3)c2nc1OC. The molecular weight excluding hydrogens is 523 g/mol. The van der Waals surface area contributed by atoms with Crippen molar-refractivity contribution in [2.24, 2.45) is 11.1 Å². The predicted molar refractivity (Wildman–Crippen MR) is 141 cm³/mol. The highest BCUT2D eigenvalue weighted by molar-refractivity contribution is 6.17. The molecule has 0 bridgehead atoms. The smallest absolute Gasteiger partial charge is 0.269 e. The molecule has 5 rings (SSSR count). The first-order valence-electron chi connectivity index (χ1n) is 12.0. The van der Waals surface area contributed by atoms with E-state index in [0.717, 1.165) is 0 Å². The van der Waals surface area contributed by atoms with Crippen molar-refractivity contribution >= 4 is 40.1 Å². The van der Waals surface area contributed by atoms with Crippen LogP contribution < -0.4 is 30.6 Å². The van der Waals surface area contributed by atoms with Crippen LogP contribution in [0.4, 0.5) is 15.8 Å². The average Bonchev–Trinajstić information content (AvgIpc) is 3.77. The van der Waals surface area contributed by atoms with E-state index in [1.807, 2.05) is 0 Å². The standard InChI is InChI=1S/C27H23FN6O6/c1-38-19-13-17-21(34-24(19)39-2)18(9-12-30-17)40-20-8-7-16(22(33-20)23(29)35)32-26(37)27(10-11-27)25(36)31-15-5-3-14(28)4-6-15/h3-9,12-13H,10-11H2,1-2H3,(H2,29,35)(H,31,36)(H,32,37). The summed E-state index contributed by atoms with van der Waals surface area (Å²) in [6.07, 6.45) is 2.09. The van der Waals surface area contributed by atoms with Crippen LogP contribution >= 0.6 is 0 Å². The first-order chi connectivity index (χ1) is 19.2. The molecule has 3 heterocycles. The normalized spacial score (nSPS) is 13.3. The van der Waals surface area contributed by atoms with Gasteiger partial charge in [-0.25, -0.2) is 14.4 Å². The van der Waals surface area contributed by atoms with Crippen molar-refractivity contribution in [2.75, 3.05) is 24.9 Å². The molecule has 4 N–H and O–H groups in total. The number of amides is 3. The van der Waals surface area contributed by atoms with Crippen molar-refractivity contribution in [3.63, 3.8) is 0 Å². The largest absolute Gasteiger partial charge is 0.491 e. The lowest BCUT2D eigenvalue weighted by Crippen LogP contribution is -2.36. The lowest BCUT2D eigenvalue weighted by molar-refractivity contribution is -0.131. The van der Waals surface area contributed by atoms with Crippen molar-refractivity contribution in [3.05, 3.63) is 66.2 Å². The number of halogens is 1. The highest BCUT2D eigenvalue weighted by atomic mass is 19.1. The summed E-state index contributed by atoms with van der Waals surface area (Å²) in [5.74, 6) is -1.70. The van der Waals surface area contributed by atoms with Crippen molar-refractivity contribution < 1.29 is 33.0 Å². The topological polar surface area (TPSA) is 168 Å². The predicted octanol–water partition coefficient (Wildman–Crippen LogP) is 3.43. The van der Waals surface area contributed by atoms with Crippen LogP contribution in [0.1, 0.15) is 23.3 Å². The van der Waals surface area contributed by atoms with E-state index in [4.69, 9.17) is 19.9 Å². The number of ether oxygens (including phenoxy) is 3. The number of rotatable bonds is 9. The molecule has 1 saturated carbocycles. The van der Waals surface area contributed by atoms with Crippen molar-refractivity contribution in [1.29, 1.82) is 0 Å². The molecule has 13 heteroatoms. The van der Waals surface area contributed by atoms with Gasteiger partial charge in [0.1, 0.15) is 16.7 Å². The molecular formula is C27H23FN6O6. The number of nitrogens with one attached hydrogen (secondary N) is 2. The second-order valence-corrected chi connectivity index (χ2v) is 8.89. The monoisotopic (exact) mass is 546 g/mol. The molecule has 0 saturated heterocycles. The molecule has 0 atom stereocenters. The number of primary amides is 1. The van der Waals surface area contributed by atoms with Crippen LogP contribution in [-0.4, -0.2) is 46.9 Å². The van der Waals surface area contributed by atoms with E-state index in [0.29, 0.717) is 35.3 Å². The molecule has 0 radical (unpaired) electrons. The summed E-state index contributed by atoms with van der Waals surface area (Å²) in [7, 11) is 2.92. The lowest BCUT2D eigenvalue weighted by atomic mass is 10.0. The summed E-state index contributed by atoms with van der Waals surface area (Å²) in [4.78, 5) is 51.0. The molecule has 0 unspecified atom stereocenters. The first kappa shape index (κ1) is 26.3. The zero-order valence-corrected chi connectivity index (χ0v) is 21.4. The Morgan fingerprint density at radius 1 is 0.925 bits per heavy atom. The molecule has 0 spiro atoms. The Hall–Kier alpha value is -5.33. The van der Waals surface area contributed by atoms with Crippen LogP contribution in [0.2, 0.25) is 0 Å². The van der Waals surface area contributed by atoms with Gasteiger partial charge in [-0.2, -0.15) is 0 Å². The number of nitrogens with two attached hydrogens (primary N) is 1. The van der Waals surface area contributed by atoms with Crippen LogP contribution in [-0.2, 0) is 9.59 Å². The van der Waals surface area contributed by atoms with Gasteiger partial charge in [0, 0.05) is 30.1 Å². The zero-order chi connectivity index (χ0) is 28.4. The van der Waals surface area contributed by atoms with E-state index >= 15 is 0 Å². The highest BCUT2D eigenvalue weighted by Crippen LogP contribution is 2.47. The molecule has 40 heavy (non-hydrogen) atoms. The van der Waals surface area contributed by atoms with E-state index in [9.17, 15) is 18.8 Å². The number of fused-ring (bicyclic) bond motifs is 1. The second-order valence-electron chi connectivity index (χ2n) is 8.89. The Bertz CT molecular complexity index is 1640. The molecule has 1 fully saturated rings. The first-order valence-corrected chi connectivity index (χ1v) is 12.0. The van der Waals surface area contributed by atoms with E-state index in [1.165, 1.54) is 56.8 Å². The van der Waals surface area contributed by atoms with Gasteiger partial charge in [0.25, 0.3) is 11.8 Å². The molecule has 204 valence electrons. The second kappa shape index (κ2) is 10.4. The van der Waals surface area contributed by atoms with Gasteiger partial charge < -0.3 is 30.6 Å². The van der Waals surface area contributed by atoms with Gasteiger partial charge in [0.05, 0.1) is 25.4 Å². The highest BCUT2D eigenvalue weighted by Gasteiger charge is 2.56. The molecule has 1 aliphatic carbocycles. The number of methoxy groups -OCH3 is 2. The van der Waals surface area contributed by atoms with Crippen LogP contribution in [0.3, 0.4) is 0 Å². The number of aromatic nitrogens is 3. The number of anilines is 2. The Morgan fingerprint density at radius 2 is 1.65 bits per heavy atom. The number of hydrogen-bond acceptors (Lipinski definition) is 9. The quantitative estimate of drug-likeness (QED) is 0.266. The van der Waals surface area contributed by atoms with Gasteiger partial charge in [-0.15, -0.1) is 0 Å². The lowest BCUT2D eigenvalue weighted by Gasteiger charge is -2.17. The summed E-state index contributed by atoms with van der Waals surface area (Å²) in [5, 5.41) is 5.21.